The van der Waals surface area contributed by atoms with E-state index in [1.807, 2.05) is 0 Å². The van der Waals surface area contributed by atoms with Crippen LogP contribution in [0, 0.1) is 20.2 Å². The molecule has 3 rings (SSSR count). The molecule has 0 unspecified atom stereocenters. The first kappa shape index (κ1) is 29.4. The van der Waals surface area contributed by atoms with Crippen LogP contribution in [0.4, 0.5) is 22.7 Å². The number of hydrogen-bond acceptors (Lipinski definition) is 6. The molecule has 1 saturated heterocycles. The molecule has 1 aliphatic heterocycles. The van der Waals surface area contributed by atoms with Crippen molar-refractivity contribution in [3.63, 3.8) is 0 Å². The molecule has 0 aromatic heterocycles. The molecule has 2 aromatic rings. The van der Waals surface area contributed by atoms with Crippen LogP contribution in [0.5, 0.6) is 0 Å². The fourth-order valence-corrected chi connectivity index (χ4v) is 4.98. The zero-order valence-electron chi connectivity index (χ0n) is 22.6. The van der Waals surface area contributed by atoms with Gasteiger partial charge in [0.15, 0.2) is 0 Å². The molecule has 1 aliphatic rings. The third-order valence-electron chi connectivity index (χ3n) is 6.83. The maximum absolute atomic E-state index is 11.6. The molecule has 0 atom stereocenters. The number of nitro groups is 2. The van der Waals surface area contributed by atoms with Gasteiger partial charge in [0.1, 0.15) is 0 Å². The highest BCUT2D eigenvalue weighted by atomic mass is 35.5. The molecule has 9 heteroatoms. The second-order valence-electron chi connectivity index (χ2n) is 10.7. The number of non-ortho nitro benzene ring substituents is 2. The SMILES string of the molecule is CC(C)c1cc([N+](=O)[O-])cc(C(C)C)c1N1CCN(c2c(C(C)C)cc([N+](=O)[O-])cc2C(C)C)C1.Cl. The van der Waals surface area contributed by atoms with Crippen LogP contribution < -0.4 is 9.80 Å². The van der Waals surface area contributed by atoms with Crippen molar-refractivity contribution in [1.29, 1.82) is 0 Å². The Morgan fingerprint density at radius 1 is 0.611 bits per heavy atom. The molecule has 0 amide bonds. The first-order valence-corrected chi connectivity index (χ1v) is 12.5. The highest BCUT2D eigenvalue weighted by Gasteiger charge is 2.32. The average Bonchev–Trinajstić information content (AvgIpc) is 3.26. The van der Waals surface area contributed by atoms with E-state index in [1.54, 1.807) is 24.3 Å². The van der Waals surface area contributed by atoms with Crippen LogP contribution in [0.25, 0.3) is 0 Å². The van der Waals surface area contributed by atoms with Crippen molar-refractivity contribution in [2.75, 3.05) is 29.6 Å². The van der Waals surface area contributed by atoms with E-state index in [0.717, 1.165) is 46.7 Å². The van der Waals surface area contributed by atoms with E-state index in [2.05, 4.69) is 65.2 Å². The fourth-order valence-electron chi connectivity index (χ4n) is 4.98. The standard InChI is InChI=1S/C27H38N4O4.ClH/c1-16(2)22-11-20(30(32)33)12-23(17(3)4)26(22)28-9-10-29(15-28)27-24(18(5)6)13-21(31(34)35)14-25(27)19(7)8;/h11-14,16-19H,9-10,15H2,1-8H3;1H. The Bertz CT molecular complexity index is 985. The van der Waals surface area contributed by atoms with Crippen molar-refractivity contribution < 1.29 is 9.85 Å². The predicted octanol–water partition coefficient (Wildman–Crippen LogP) is 7.70. The van der Waals surface area contributed by atoms with Gasteiger partial charge in [0.2, 0.25) is 0 Å². The molecule has 198 valence electrons. The molecule has 36 heavy (non-hydrogen) atoms. The van der Waals surface area contributed by atoms with Crippen molar-refractivity contribution in [3.05, 3.63) is 66.7 Å². The quantitative estimate of drug-likeness (QED) is 0.262. The topological polar surface area (TPSA) is 92.8 Å². The summed E-state index contributed by atoms with van der Waals surface area (Å²) in [5.74, 6) is 0.531. The second-order valence-corrected chi connectivity index (χ2v) is 10.7. The largest absolute Gasteiger partial charge is 0.352 e. The van der Waals surface area contributed by atoms with Gasteiger partial charge >= 0.3 is 0 Å². The Balaban J connectivity index is 0.00000456. The normalized spacial score (nSPS) is 13.8. The summed E-state index contributed by atoms with van der Waals surface area (Å²) < 4.78 is 0. The Morgan fingerprint density at radius 2 is 0.861 bits per heavy atom. The van der Waals surface area contributed by atoms with Gasteiger partial charge in [-0.2, -0.15) is 0 Å². The van der Waals surface area contributed by atoms with Gasteiger partial charge in [-0.25, -0.2) is 0 Å². The number of rotatable bonds is 8. The lowest BCUT2D eigenvalue weighted by Gasteiger charge is -2.31. The summed E-state index contributed by atoms with van der Waals surface area (Å²) in [5, 5.41) is 23.3. The minimum absolute atomic E-state index is 0. The summed E-state index contributed by atoms with van der Waals surface area (Å²) in [5.41, 5.74) is 6.39. The monoisotopic (exact) mass is 518 g/mol. The predicted molar refractivity (Wildman–Crippen MR) is 149 cm³/mol. The zero-order chi connectivity index (χ0) is 26.2. The molecule has 8 nitrogen and oxygen atoms in total. The minimum atomic E-state index is -0.307. The second kappa shape index (κ2) is 11.5. The van der Waals surface area contributed by atoms with E-state index in [9.17, 15) is 20.2 Å². The molecule has 0 saturated carbocycles. The highest BCUT2D eigenvalue weighted by Crippen LogP contribution is 2.43. The first-order valence-electron chi connectivity index (χ1n) is 12.5. The van der Waals surface area contributed by atoms with Crippen LogP contribution in [-0.4, -0.2) is 29.6 Å². The van der Waals surface area contributed by atoms with Crippen LogP contribution in [0.2, 0.25) is 0 Å². The molecular weight excluding hydrogens is 480 g/mol. The Labute approximate surface area is 220 Å². The van der Waals surface area contributed by atoms with E-state index in [0.29, 0.717) is 6.67 Å². The minimum Gasteiger partial charge on any atom is -0.352 e. The first-order chi connectivity index (χ1) is 16.3. The summed E-state index contributed by atoms with van der Waals surface area (Å²) in [4.78, 5) is 27.3. The van der Waals surface area contributed by atoms with Gasteiger partial charge in [-0.3, -0.25) is 20.2 Å². The number of nitro benzene ring substituents is 2. The molecular formula is C27H39ClN4O4. The Morgan fingerprint density at radius 3 is 1.06 bits per heavy atom. The number of halogens is 1. The van der Waals surface area contributed by atoms with Crippen molar-refractivity contribution in [1.82, 2.24) is 0 Å². The van der Waals surface area contributed by atoms with Crippen molar-refractivity contribution in [2.24, 2.45) is 0 Å². The van der Waals surface area contributed by atoms with E-state index in [-0.39, 0.29) is 57.3 Å². The van der Waals surface area contributed by atoms with E-state index in [1.165, 1.54) is 0 Å². The van der Waals surface area contributed by atoms with Gasteiger partial charge in [-0.05, 0) is 45.9 Å². The van der Waals surface area contributed by atoms with Gasteiger partial charge in [0.25, 0.3) is 11.4 Å². The fraction of sp³-hybridized carbons (Fsp3) is 0.556. The summed E-state index contributed by atoms with van der Waals surface area (Å²) >= 11 is 0. The average molecular weight is 519 g/mol. The van der Waals surface area contributed by atoms with Crippen LogP contribution in [0.3, 0.4) is 0 Å². The van der Waals surface area contributed by atoms with Crippen molar-refractivity contribution in [2.45, 2.75) is 79.1 Å². The number of benzene rings is 2. The van der Waals surface area contributed by atoms with Crippen LogP contribution in [0.15, 0.2) is 24.3 Å². The third-order valence-corrected chi connectivity index (χ3v) is 6.83. The molecule has 1 heterocycles. The van der Waals surface area contributed by atoms with Crippen molar-refractivity contribution >= 4 is 35.2 Å². The third kappa shape index (κ3) is 5.75. The molecule has 0 aliphatic carbocycles. The summed E-state index contributed by atoms with van der Waals surface area (Å²) in [6, 6.07) is 6.89. The van der Waals surface area contributed by atoms with Gasteiger partial charge in [-0.1, -0.05) is 55.4 Å². The van der Waals surface area contributed by atoms with E-state index in [4.69, 9.17) is 0 Å². The maximum Gasteiger partial charge on any atom is 0.270 e. The van der Waals surface area contributed by atoms with Gasteiger partial charge in [0, 0.05) is 48.7 Å². The van der Waals surface area contributed by atoms with E-state index < -0.39 is 0 Å². The van der Waals surface area contributed by atoms with Crippen LogP contribution in [0.1, 0.15) is 101 Å². The number of hydrogen-bond donors (Lipinski definition) is 0. The smallest absolute Gasteiger partial charge is 0.270 e. The summed E-state index contributed by atoms with van der Waals surface area (Å²) in [7, 11) is 0. The molecule has 1 fully saturated rings. The molecule has 0 N–H and O–H groups in total. The Kier molecular flexibility index (Phi) is 9.34. The molecule has 0 radical (unpaired) electrons. The van der Waals surface area contributed by atoms with Gasteiger partial charge in [-0.15, -0.1) is 12.4 Å². The summed E-state index contributed by atoms with van der Waals surface area (Å²) in [6.07, 6.45) is 0. The lowest BCUT2D eigenvalue weighted by Crippen LogP contribution is -2.28. The molecule has 2 aromatic carbocycles. The zero-order valence-corrected chi connectivity index (χ0v) is 23.4. The number of nitrogens with zero attached hydrogens (tertiary/aromatic N) is 4. The Hall–Kier alpha value is -2.87. The lowest BCUT2D eigenvalue weighted by molar-refractivity contribution is -0.385. The van der Waals surface area contributed by atoms with Gasteiger partial charge < -0.3 is 9.80 Å². The maximum atomic E-state index is 11.6. The van der Waals surface area contributed by atoms with Gasteiger partial charge in [0.05, 0.1) is 16.5 Å². The van der Waals surface area contributed by atoms with E-state index >= 15 is 0 Å². The summed E-state index contributed by atoms with van der Waals surface area (Å²) in [6.45, 7) is 18.8. The molecule has 0 spiro atoms. The molecule has 0 bridgehead atoms. The lowest BCUT2D eigenvalue weighted by atomic mass is 9.91. The van der Waals surface area contributed by atoms with Crippen molar-refractivity contribution in [3.8, 4) is 0 Å². The number of anilines is 2. The highest BCUT2D eigenvalue weighted by molar-refractivity contribution is 5.85. The van der Waals surface area contributed by atoms with Crippen LogP contribution in [-0.2, 0) is 0 Å². The van der Waals surface area contributed by atoms with Crippen LogP contribution >= 0.6 is 12.4 Å².